The fraction of sp³-hybridized carbons (Fsp3) is 0.550. The number of aromatic amines is 1. The first-order chi connectivity index (χ1) is 28.0. The number of ether oxygens (including phenoxy) is 2. The van der Waals surface area contributed by atoms with E-state index in [1.165, 1.54) is 0 Å². The van der Waals surface area contributed by atoms with Gasteiger partial charge >= 0.3 is 24.4 Å². The summed E-state index contributed by atoms with van der Waals surface area (Å²) < 4.78 is 11.0. The van der Waals surface area contributed by atoms with Crippen LogP contribution in [0.3, 0.4) is 0 Å². The third-order valence-corrected chi connectivity index (χ3v) is 8.30. The number of likely N-dealkylation sites (N-methyl/N-ethyl adjacent to an activating group) is 1. The van der Waals surface area contributed by atoms with E-state index in [9.17, 15) is 38.4 Å². The number of para-hydroxylation sites is 1. The van der Waals surface area contributed by atoms with Crippen molar-refractivity contribution in [2.75, 3.05) is 20.6 Å². The number of fused-ring (bicyclic) bond motifs is 1. The van der Waals surface area contributed by atoms with E-state index in [0.717, 1.165) is 16.5 Å². The molecule has 4 amide bonds. The Morgan fingerprint density at radius 3 is 1.65 bits per heavy atom. The van der Waals surface area contributed by atoms with Crippen LogP contribution in [0, 0.1) is 0 Å². The molecule has 0 aliphatic carbocycles. The van der Waals surface area contributed by atoms with E-state index in [2.05, 4.69) is 35.8 Å². The summed E-state index contributed by atoms with van der Waals surface area (Å²) in [6.07, 6.45) is 0.847. The monoisotopic (exact) mass is 836 g/mol. The van der Waals surface area contributed by atoms with Gasteiger partial charge in [0.25, 0.3) is 0 Å². The van der Waals surface area contributed by atoms with Gasteiger partial charge in [-0.3, -0.25) is 28.8 Å². The number of benzene rings is 1. The van der Waals surface area contributed by atoms with Crippen molar-refractivity contribution in [1.29, 1.82) is 0 Å². The number of esters is 2. The predicted octanol–water partition coefficient (Wildman–Crippen LogP) is 0.975. The van der Waals surface area contributed by atoms with Gasteiger partial charge in [-0.05, 0) is 86.5 Å². The molecule has 0 saturated heterocycles. The van der Waals surface area contributed by atoms with Crippen LogP contribution in [0.4, 0.5) is 0 Å². The van der Waals surface area contributed by atoms with Crippen LogP contribution in [-0.2, 0) is 54.3 Å². The zero-order valence-corrected chi connectivity index (χ0v) is 35.3. The summed E-state index contributed by atoms with van der Waals surface area (Å²) in [7, 11) is 3.37. The van der Waals surface area contributed by atoms with Crippen molar-refractivity contribution < 1.29 is 57.4 Å². The molecule has 0 saturated carbocycles. The maximum Gasteiger partial charge on any atom is 0.329 e. The Hall–Kier alpha value is -6.36. The minimum Gasteiger partial charge on any atom is -0.458 e. The zero-order chi connectivity index (χ0) is 45.2. The second kappa shape index (κ2) is 23.3. The second-order valence-corrected chi connectivity index (χ2v) is 16.3. The smallest absolute Gasteiger partial charge is 0.329 e. The molecule has 0 aliphatic rings. The molecule has 0 unspecified atom stereocenters. The molecular formula is C40H56N10O10. The fourth-order valence-electron chi connectivity index (χ4n) is 5.69. The molecule has 2 rings (SSSR count). The second-order valence-electron chi connectivity index (χ2n) is 16.3. The molecule has 0 aliphatic heterocycles. The number of rotatable bonds is 23. The summed E-state index contributed by atoms with van der Waals surface area (Å²) in [4.78, 5) is 115. The van der Waals surface area contributed by atoms with Gasteiger partial charge in [-0.25, -0.2) is 9.59 Å². The van der Waals surface area contributed by atoms with Crippen molar-refractivity contribution in [3.05, 3.63) is 47.1 Å². The van der Waals surface area contributed by atoms with Crippen LogP contribution in [0.5, 0.6) is 0 Å². The Labute approximate surface area is 348 Å². The van der Waals surface area contributed by atoms with Crippen molar-refractivity contribution >= 4 is 70.5 Å². The number of ketones is 2. The third-order valence-electron chi connectivity index (χ3n) is 8.30. The van der Waals surface area contributed by atoms with E-state index in [0.29, 0.717) is 12.4 Å². The molecule has 4 atom stereocenters. The molecule has 1 aromatic carbocycles. The van der Waals surface area contributed by atoms with Crippen molar-refractivity contribution in [3.8, 4) is 0 Å². The van der Waals surface area contributed by atoms with E-state index in [1.807, 2.05) is 24.3 Å². The van der Waals surface area contributed by atoms with Crippen molar-refractivity contribution in [1.82, 2.24) is 31.2 Å². The average Bonchev–Trinajstić information content (AvgIpc) is 3.53. The Balaban J connectivity index is 2.37. The number of nitrogens with zero attached hydrogens (tertiary/aromatic N) is 5. The lowest BCUT2D eigenvalue weighted by molar-refractivity contribution is -0.159. The number of amides is 4. The van der Waals surface area contributed by atoms with Crippen molar-refractivity contribution in [2.24, 2.45) is 0 Å². The highest BCUT2D eigenvalue weighted by Gasteiger charge is 2.34. The van der Waals surface area contributed by atoms with Gasteiger partial charge in [0.05, 0.1) is 6.54 Å². The Morgan fingerprint density at radius 1 is 0.683 bits per heavy atom. The first-order valence-corrected chi connectivity index (χ1v) is 19.3. The normalized spacial score (nSPS) is 13.3. The van der Waals surface area contributed by atoms with Gasteiger partial charge in [0.15, 0.2) is 0 Å². The first-order valence-electron chi connectivity index (χ1n) is 19.3. The third kappa shape index (κ3) is 18.5. The van der Waals surface area contributed by atoms with Crippen LogP contribution in [0.15, 0.2) is 30.5 Å². The lowest BCUT2D eigenvalue weighted by Crippen LogP contribution is -2.55. The maximum absolute atomic E-state index is 13.9. The molecule has 20 nitrogen and oxygen atoms in total. The highest BCUT2D eigenvalue weighted by atomic mass is 16.6. The number of carbonyl (C=O) groups is 8. The molecule has 326 valence electrons. The molecule has 1 heterocycles. The molecular weight excluding hydrogens is 780 g/mol. The Kier molecular flexibility index (Phi) is 19.3. The van der Waals surface area contributed by atoms with Gasteiger partial charge in [-0.1, -0.05) is 18.2 Å². The average molecular weight is 837 g/mol. The van der Waals surface area contributed by atoms with Gasteiger partial charge in [0.2, 0.25) is 35.2 Å². The highest BCUT2D eigenvalue weighted by Crippen LogP contribution is 2.20. The van der Waals surface area contributed by atoms with E-state index >= 15 is 0 Å². The van der Waals surface area contributed by atoms with Crippen molar-refractivity contribution in [2.45, 2.75) is 122 Å². The Bertz CT molecular complexity index is 1980. The number of aromatic nitrogens is 1. The van der Waals surface area contributed by atoms with Gasteiger partial charge in [0, 0.05) is 42.8 Å². The molecule has 0 fully saturated rings. The molecule has 20 heteroatoms. The summed E-state index contributed by atoms with van der Waals surface area (Å²) in [5.74, 6) is -6.09. The van der Waals surface area contributed by atoms with Crippen LogP contribution in [0.2, 0.25) is 0 Å². The molecule has 60 heavy (non-hydrogen) atoms. The molecule has 0 spiro atoms. The van der Waals surface area contributed by atoms with E-state index in [1.54, 1.807) is 66.7 Å². The fourth-order valence-corrected chi connectivity index (χ4v) is 5.69. The first kappa shape index (κ1) is 49.8. The van der Waals surface area contributed by atoms with Crippen LogP contribution >= 0.6 is 0 Å². The summed E-state index contributed by atoms with van der Waals surface area (Å²) in [5, 5.41) is 11.1. The summed E-state index contributed by atoms with van der Waals surface area (Å²) in [5.41, 5.74) is 17.0. The number of hydrogen-bond acceptors (Lipinski definition) is 11. The largest absolute Gasteiger partial charge is 0.458 e. The molecule has 0 bridgehead atoms. The highest BCUT2D eigenvalue weighted by molar-refractivity contribution is 6.25. The van der Waals surface area contributed by atoms with Gasteiger partial charge in [0.1, 0.15) is 35.4 Å². The molecule has 2 aromatic rings. The molecule has 5 N–H and O–H groups in total. The van der Waals surface area contributed by atoms with Gasteiger partial charge in [-0.15, -0.1) is 0 Å². The lowest BCUT2D eigenvalue weighted by Gasteiger charge is -2.27. The number of carbonyl (C=O) groups excluding carboxylic acids is 8. The van der Waals surface area contributed by atoms with E-state index < -0.39 is 88.9 Å². The number of Topliss-reactive ketones (excluding diaryl/α,β-unsaturated/α-hetero) is 2. The SMILES string of the molecule is CN(C)CC(=O)N[C@@H](Cc1c[nH]c2ccccc12)C(=O)N[C@@H](CCC(=O)N[C@@H](CCC(=O)C=[N+]=[N-])C(=O)N[C@@H](CCC(=O)C=[N+]=[N-])C(=O)OC(C)(C)C)C(=O)OC(C)(C)C. The van der Waals surface area contributed by atoms with Gasteiger partial charge < -0.3 is 51.7 Å². The van der Waals surface area contributed by atoms with Crippen LogP contribution in [-0.4, -0.2) is 135 Å². The standard InChI is InChI=1S/C40H56N10O10/c1-39(2,3)59-37(57)30(16-14-26(52)22-45-42)48-35(55)29(15-13-25(51)21-44-41)46-33(53)18-17-31(38(58)60-40(4,5)6)49-36(56)32(47-34(54)23-50(7)8)19-24-20-43-28-12-10-9-11-27(24)28/h9-12,20-22,29-32,43H,13-19,23H2,1-8H3,(H,46,53)(H,47,54)(H,48,55)(H,49,56)/t29-,30-,31-,32-/m0/s1. The van der Waals surface area contributed by atoms with Crippen LogP contribution in [0.25, 0.3) is 22.0 Å². The summed E-state index contributed by atoms with van der Waals surface area (Å²) in [6, 6.07) is 1.93. The lowest BCUT2D eigenvalue weighted by atomic mass is 10.0. The van der Waals surface area contributed by atoms with Crippen LogP contribution < -0.4 is 21.3 Å². The van der Waals surface area contributed by atoms with E-state index in [-0.39, 0.29) is 45.1 Å². The zero-order valence-electron chi connectivity index (χ0n) is 35.3. The number of nitrogens with one attached hydrogen (secondary N) is 5. The quantitative estimate of drug-likeness (QED) is 0.0455. The summed E-state index contributed by atoms with van der Waals surface area (Å²) in [6.45, 7) is 9.57. The van der Waals surface area contributed by atoms with E-state index in [4.69, 9.17) is 20.5 Å². The molecule has 1 aromatic heterocycles. The van der Waals surface area contributed by atoms with Crippen molar-refractivity contribution in [3.63, 3.8) is 0 Å². The minimum absolute atomic E-state index is 0.0321. The molecule has 0 radical (unpaired) electrons. The van der Waals surface area contributed by atoms with Crippen LogP contribution in [0.1, 0.15) is 85.6 Å². The number of H-pyrrole nitrogens is 1. The Morgan fingerprint density at radius 2 is 1.15 bits per heavy atom. The summed E-state index contributed by atoms with van der Waals surface area (Å²) >= 11 is 0. The number of hydrogen-bond donors (Lipinski definition) is 5. The van der Waals surface area contributed by atoms with Gasteiger partial charge in [-0.2, -0.15) is 9.58 Å². The topological polar surface area (TPSA) is 295 Å². The predicted molar refractivity (Wildman–Crippen MR) is 217 cm³/mol. The minimum atomic E-state index is -1.48. The maximum atomic E-state index is 13.9.